The minimum absolute atomic E-state index is 0. The third kappa shape index (κ3) is 4.33. The third-order valence-electron chi connectivity index (χ3n) is 0.906. The summed E-state index contributed by atoms with van der Waals surface area (Å²) < 4.78 is 0.322. The number of nitrogens with zero attached hydrogens (tertiary/aromatic N) is 2. The van der Waals surface area contributed by atoms with Crippen molar-refractivity contribution in [2.75, 3.05) is 0 Å². The number of nitrogens with one attached hydrogen (secondary N) is 1. The zero-order valence-corrected chi connectivity index (χ0v) is 6.39. The molecule has 0 radical (unpaired) electrons. The Bertz CT molecular complexity index is 411. The average Bonchev–Trinajstić information content (AvgIpc) is 1.97. The maximum atomic E-state index is 10.7. The van der Waals surface area contributed by atoms with Crippen molar-refractivity contribution in [3.05, 3.63) is 31.5 Å². The van der Waals surface area contributed by atoms with Crippen LogP contribution in [0.3, 0.4) is 0 Å². The van der Waals surface area contributed by atoms with Crippen LogP contribution in [0.5, 0.6) is 0 Å². The fraction of sp³-hybridized carbons (Fsp3) is 0. The Morgan fingerprint density at radius 3 is 1.54 bits per heavy atom. The quantitative estimate of drug-likeness (QED) is 0.529. The van der Waals surface area contributed by atoms with E-state index in [0.717, 1.165) is 0 Å². The van der Waals surface area contributed by atoms with Crippen LogP contribution in [0.1, 0.15) is 0 Å². The molecule has 0 aliphatic carbocycles. The molecule has 1 aromatic heterocycles. The Morgan fingerprint density at radius 2 is 1.23 bits per heavy atom. The molecule has 0 fully saturated rings. The van der Waals surface area contributed by atoms with E-state index in [9.17, 15) is 14.4 Å². The molecule has 0 aromatic carbocycles. The van der Waals surface area contributed by atoms with E-state index >= 15 is 0 Å². The second kappa shape index (κ2) is 7.52. The first-order valence-electron chi connectivity index (χ1n) is 2.34. The fourth-order valence-corrected chi connectivity index (χ4v) is 0.715. The van der Waals surface area contributed by atoms with Crippen LogP contribution in [0.2, 0.25) is 0 Å². The van der Waals surface area contributed by atoms with E-state index < -0.39 is 17.1 Å². The van der Waals surface area contributed by atoms with Crippen LogP contribution >= 0.6 is 23.6 Å². The number of hydrogen-bond acceptors (Lipinski definition) is 3. The summed E-state index contributed by atoms with van der Waals surface area (Å²) in [7, 11) is 0. The van der Waals surface area contributed by atoms with Gasteiger partial charge in [0.15, 0.2) is 0 Å². The molecular formula is C3H3Cl2K2N3O3. The van der Waals surface area contributed by atoms with Crippen LogP contribution < -0.4 is 17.1 Å². The summed E-state index contributed by atoms with van der Waals surface area (Å²) in [5.41, 5.74) is -3.13. The van der Waals surface area contributed by atoms with Crippen LogP contribution in [-0.2, 0) is 0 Å². The van der Waals surface area contributed by atoms with E-state index in [1.54, 1.807) is 4.98 Å². The van der Waals surface area contributed by atoms with E-state index in [0.29, 0.717) is 0 Å². The molecule has 13 heavy (non-hydrogen) atoms. The molecule has 1 heterocycles. The first kappa shape index (κ1) is 17.7. The molecule has 0 aliphatic rings. The maximum absolute atomic E-state index is 10.7. The first-order valence-corrected chi connectivity index (χ1v) is 3.02. The zero-order valence-electron chi connectivity index (χ0n) is 4.88. The van der Waals surface area contributed by atoms with Crippen molar-refractivity contribution in [1.29, 1.82) is 0 Å². The second-order valence-corrected chi connectivity index (χ2v) is 2.26. The molecule has 1 N–H and O–H groups in total. The number of H-pyrrole nitrogens is 1. The molecular weight excluding hydrogens is 275 g/mol. The molecule has 0 amide bonds. The Hall–Kier alpha value is 2.26. The van der Waals surface area contributed by atoms with Gasteiger partial charge in [0, 0.05) is 23.6 Å². The molecule has 0 atom stereocenters. The van der Waals surface area contributed by atoms with Crippen molar-refractivity contribution in [2.45, 2.75) is 0 Å². The predicted molar refractivity (Wildman–Crippen MR) is 52.4 cm³/mol. The van der Waals surface area contributed by atoms with Crippen LogP contribution in [0.25, 0.3) is 0 Å². The standard InChI is InChI=1S/C3HCl2N3O3.2K.2H/c4-7-1(9)6-2(10)8(5)3(7)11;;;;/h(H,6,9,10);;;;. The van der Waals surface area contributed by atoms with E-state index in [1.165, 1.54) is 0 Å². The summed E-state index contributed by atoms with van der Waals surface area (Å²) in [6.07, 6.45) is 0. The topological polar surface area (TPSA) is 76.9 Å². The first-order chi connectivity index (χ1) is 5.04. The van der Waals surface area contributed by atoms with Gasteiger partial charge < -0.3 is 0 Å². The van der Waals surface area contributed by atoms with E-state index in [1.807, 2.05) is 0 Å². The van der Waals surface area contributed by atoms with Gasteiger partial charge in [0.2, 0.25) is 0 Å². The summed E-state index contributed by atoms with van der Waals surface area (Å²) in [6.45, 7) is 0. The van der Waals surface area contributed by atoms with Gasteiger partial charge in [0.1, 0.15) is 0 Å². The molecule has 0 bridgehead atoms. The Kier molecular flexibility index (Phi) is 10.2. The average molecular weight is 278 g/mol. The van der Waals surface area contributed by atoms with Crippen molar-refractivity contribution >= 4 is 126 Å². The monoisotopic (exact) mass is 277 g/mol. The molecule has 1 aromatic rings. The molecule has 0 saturated carbocycles. The summed E-state index contributed by atoms with van der Waals surface area (Å²) >= 11 is 10.1. The molecule has 64 valence electrons. The second-order valence-electron chi connectivity index (χ2n) is 1.58. The molecule has 0 unspecified atom stereocenters. The van der Waals surface area contributed by atoms with Gasteiger partial charge in [0.05, 0.1) is 0 Å². The van der Waals surface area contributed by atoms with Crippen molar-refractivity contribution in [1.82, 2.24) is 13.2 Å². The van der Waals surface area contributed by atoms with Gasteiger partial charge >= 0.3 is 120 Å². The van der Waals surface area contributed by atoms with Gasteiger partial charge in [-0.3, -0.25) is 4.98 Å². The minimum atomic E-state index is -1.10. The number of aromatic nitrogens is 3. The van der Waals surface area contributed by atoms with Crippen LogP contribution in [0, 0.1) is 0 Å². The Balaban J connectivity index is 0. The van der Waals surface area contributed by atoms with Gasteiger partial charge in [0.25, 0.3) is 0 Å². The predicted octanol–water partition coefficient (Wildman–Crippen LogP) is -2.59. The number of hydrogen-bond donors (Lipinski definition) is 1. The number of rotatable bonds is 0. The Labute approximate surface area is 167 Å². The molecule has 0 spiro atoms. The van der Waals surface area contributed by atoms with Crippen LogP contribution in [-0.4, -0.2) is 116 Å². The summed E-state index contributed by atoms with van der Waals surface area (Å²) in [5, 5.41) is 0. The summed E-state index contributed by atoms with van der Waals surface area (Å²) in [6, 6.07) is 0. The van der Waals surface area contributed by atoms with Crippen LogP contribution in [0.15, 0.2) is 14.4 Å². The summed E-state index contributed by atoms with van der Waals surface area (Å²) in [5.74, 6) is 0. The van der Waals surface area contributed by atoms with Gasteiger partial charge in [-0.15, -0.1) is 8.17 Å². The molecule has 1 rings (SSSR count). The summed E-state index contributed by atoms with van der Waals surface area (Å²) in [4.78, 5) is 33.4. The van der Waals surface area contributed by atoms with E-state index in [2.05, 4.69) is 0 Å². The molecule has 10 heteroatoms. The molecule has 6 nitrogen and oxygen atoms in total. The third-order valence-corrected chi connectivity index (χ3v) is 1.50. The van der Waals surface area contributed by atoms with Crippen molar-refractivity contribution < 1.29 is 0 Å². The van der Waals surface area contributed by atoms with Gasteiger partial charge in [-0.25, -0.2) is 14.4 Å². The van der Waals surface area contributed by atoms with E-state index in [-0.39, 0.29) is 111 Å². The molecule has 0 aliphatic heterocycles. The van der Waals surface area contributed by atoms with Crippen molar-refractivity contribution in [2.24, 2.45) is 0 Å². The number of halogens is 2. The van der Waals surface area contributed by atoms with Crippen molar-refractivity contribution in [3.63, 3.8) is 0 Å². The Morgan fingerprint density at radius 1 is 0.923 bits per heavy atom. The fourth-order valence-electron chi connectivity index (χ4n) is 0.440. The van der Waals surface area contributed by atoms with Crippen molar-refractivity contribution in [3.8, 4) is 0 Å². The molecule has 0 saturated heterocycles. The SMILES string of the molecule is O=c1[nH]c(=O)n(Cl)c(=O)n1Cl.[KH].[KH]. The normalized spacial score (nSPS) is 8.46. The van der Waals surface area contributed by atoms with Crippen LogP contribution in [0.4, 0.5) is 0 Å². The van der Waals surface area contributed by atoms with E-state index in [4.69, 9.17) is 23.6 Å². The van der Waals surface area contributed by atoms with Gasteiger partial charge in [-0.2, -0.15) is 0 Å². The van der Waals surface area contributed by atoms with Gasteiger partial charge in [-0.1, -0.05) is 0 Å². The van der Waals surface area contributed by atoms with Gasteiger partial charge in [-0.05, 0) is 0 Å². The number of aromatic amines is 1. The zero-order chi connectivity index (χ0) is 8.59.